The van der Waals surface area contributed by atoms with Crippen molar-refractivity contribution in [3.8, 4) is 17.2 Å². The highest BCUT2D eigenvalue weighted by atomic mass is 32.1. The number of amides is 1. The third kappa shape index (κ3) is 4.72. The van der Waals surface area contributed by atoms with Gasteiger partial charge in [-0.2, -0.15) is 0 Å². The average Bonchev–Trinajstić information content (AvgIpc) is 3.21. The number of hydrogen-bond acceptors (Lipinski definition) is 7. The zero-order valence-corrected chi connectivity index (χ0v) is 16.6. The fraction of sp³-hybridized carbons (Fsp3) is 0.200. The molecule has 1 amide bonds. The largest absolute Gasteiger partial charge is 0.493 e. The van der Waals surface area contributed by atoms with Gasteiger partial charge in [0.05, 0.1) is 39.6 Å². The van der Waals surface area contributed by atoms with Gasteiger partial charge in [-0.15, -0.1) is 11.3 Å². The van der Waals surface area contributed by atoms with Crippen LogP contribution in [-0.2, 0) is 11.2 Å². The zero-order valence-electron chi connectivity index (χ0n) is 15.8. The van der Waals surface area contributed by atoms with Crippen LogP contribution in [0.4, 0.5) is 17.2 Å². The summed E-state index contributed by atoms with van der Waals surface area (Å²) in [6.07, 6.45) is 1.95. The number of methoxy groups -OCH3 is 3. The minimum atomic E-state index is -0.0745. The van der Waals surface area contributed by atoms with Crippen molar-refractivity contribution >= 4 is 34.4 Å². The zero-order chi connectivity index (χ0) is 19.9. The molecule has 0 unspecified atom stereocenters. The van der Waals surface area contributed by atoms with Gasteiger partial charge in [-0.05, 0) is 23.6 Å². The second-order valence-electron chi connectivity index (χ2n) is 5.78. The number of pyridine rings is 1. The van der Waals surface area contributed by atoms with Gasteiger partial charge in [-0.1, -0.05) is 6.07 Å². The van der Waals surface area contributed by atoms with Gasteiger partial charge in [0, 0.05) is 22.7 Å². The van der Waals surface area contributed by atoms with Crippen molar-refractivity contribution in [3.63, 3.8) is 0 Å². The van der Waals surface area contributed by atoms with Crippen molar-refractivity contribution < 1.29 is 19.0 Å². The molecule has 1 aromatic carbocycles. The lowest BCUT2D eigenvalue weighted by molar-refractivity contribution is -0.115. The molecule has 3 rings (SSSR count). The molecule has 0 bridgehead atoms. The molecule has 2 N–H and O–H groups in total. The number of hydrogen-bond donors (Lipinski definition) is 2. The van der Waals surface area contributed by atoms with Crippen LogP contribution in [0.25, 0.3) is 0 Å². The summed E-state index contributed by atoms with van der Waals surface area (Å²) in [6, 6.07) is 11.0. The van der Waals surface area contributed by atoms with E-state index in [1.165, 1.54) is 0 Å². The Balaban J connectivity index is 1.68. The SMILES string of the molecule is COc1cc(Nc2ccc(NC(=O)Cc3cccs3)cn2)cc(OC)c1OC. The molecule has 146 valence electrons. The number of rotatable bonds is 8. The van der Waals surface area contributed by atoms with Crippen molar-refractivity contribution in [3.05, 3.63) is 52.9 Å². The highest BCUT2D eigenvalue weighted by Crippen LogP contribution is 2.40. The predicted molar refractivity (Wildman–Crippen MR) is 110 cm³/mol. The summed E-state index contributed by atoms with van der Waals surface area (Å²) in [7, 11) is 4.68. The van der Waals surface area contributed by atoms with Crippen molar-refractivity contribution in [1.82, 2.24) is 4.98 Å². The molecule has 0 aliphatic rings. The Bertz CT molecular complexity index is 902. The molecule has 0 saturated heterocycles. The molecule has 2 aromatic heterocycles. The quantitative estimate of drug-likeness (QED) is 0.594. The van der Waals surface area contributed by atoms with Gasteiger partial charge in [-0.3, -0.25) is 4.79 Å². The van der Waals surface area contributed by atoms with Crippen molar-refractivity contribution in [1.29, 1.82) is 0 Å². The summed E-state index contributed by atoms with van der Waals surface area (Å²) in [5.74, 6) is 2.15. The lowest BCUT2D eigenvalue weighted by atomic mass is 10.2. The molecule has 2 heterocycles. The minimum absolute atomic E-state index is 0.0745. The molecule has 0 spiro atoms. The molecule has 8 heteroatoms. The lowest BCUT2D eigenvalue weighted by Gasteiger charge is -2.15. The van der Waals surface area contributed by atoms with E-state index in [0.29, 0.717) is 35.2 Å². The highest BCUT2D eigenvalue weighted by molar-refractivity contribution is 7.10. The molecule has 28 heavy (non-hydrogen) atoms. The maximum atomic E-state index is 12.1. The Morgan fingerprint density at radius 2 is 1.79 bits per heavy atom. The van der Waals surface area contributed by atoms with Crippen molar-refractivity contribution in [2.75, 3.05) is 32.0 Å². The molecular weight excluding hydrogens is 378 g/mol. The van der Waals surface area contributed by atoms with E-state index in [9.17, 15) is 4.79 Å². The number of aromatic nitrogens is 1. The van der Waals surface area contributed by atoms with Crippen LogP contribution in [0.5, 0.6) is 17.2 Å². The number of carbonyl (C=O) groups excluding carboxylic acids is 1. The fourth-order valence-electron chi connectivity index (χ4n) is 2.62. The summed E-state index contributed by atoms with van der Waals surface area (Å²) in [5, 5.41) is 7.98. The van der Waals surface area contributed by atoms with Crippen LogP contribution in [0.2, 0.25) is 0 Å². The Kier molecular flexibility index (Phi) is 6.33. The van der Waals surface area contributed by atoms with Gasteiger partial charge in [-0.25, -0.2) is 4.98 Å². The van der Waals surface area contributed by atoms with Crippen LogP contribution in [0.15, 0.2) is 48.0 Å². The number of nitrogens with one attached hydrogen (secondary N) is 2. The fourth-order valence-corrected chi connectivity index (χ4v) is 3.32. The van der Waals surface area contributed by atoms with Crippen LogP contribution in [-0.4, -0.2) is 32.2 Å². The molecule has 0 atom stereocenters. The monoisotopic (exact) mass is 399 g/mol. The Morgan fingerprint density at radius 3 is 2.32 bits per heavy atom. The van der Waals surface area contributed by atoms with Crippen molar-refractivity contribution in [2.45, 2.75) is 6.42 Å². The van der Waals surface area contributed by atoms with E-state index < -0.39 is 0 Å². The van der Waals surface area contributed by atoms with E-state index in [4.69, 9.17) is 14.2 Å². The molecule has 0 fully saturated rings. The van der Waals surface area contributed by atoms with E-state index in [1.807, 2.05) is 17.5 Å². The summed E-state index contributed by atoms with van der Waals surface area (Å²) in [4.78, 5) is 17.4. The Labute approximate surface area is 167 Å². The summed E-state index contributed by atoms with van der Waals surface area (Å²) in [6.45, 7) is 0. The maximum absolute atomic E-state index is 12.1. The Hall–Kier alpha value is -3.26. The summed E-state index contributed by atoms with van der Waals surface area (Å²) >= 11 is 1.56. The minimum Gasteiger partial charge on any atom is -0.493 e. The second kappa shape index (κ2) is 9.09. The van der Waals surface area contributed by atoms with Crippen molar-refractivity contribution in [2.24, 2.45) is 0 Å². The van der Waals surface area contributed by atoms with E-state index >= 15 is 0 Å². The smallest absolute Gasteiger partial charge is 0.229 e. The third-order valence-electron chi connectivity index (χ3n) is 3.90. The number of nitrogens with zero attached hydrogens (tertiary/aromatic N) is 1. The normalized spacial score (nSPS) is 10.2. The first-order chi connectivity index (χ1) is 13.6. The van der Waals surface area contributed by atoms with Gasteiger partial charge in [0.15, 0.2) is 11.5 Å². The molecule has 3 aromatic rings. The van der Waals surface area contributed by atoms with E-state index in [1.54, 1.807) is 63.1 Å². The molecule has 7 nitrogen and oxygen atoms in total. The lowest BCUT2D eigenvalue weighted by Crippen LogP contribution is -2.13. The van der Waals surface area contributed by atoms with Gasteiger partial charge < -0.3 is 24.8 Å². The molecule has 0 radical (unpaired) electrons. The first-order valence-electron chi connectivity index (χ1n) is 8.48. The van der Waals surface area contributed by atoms with Gasteiger partial charge in [0.2, 0.25) is 11.7 Å². The maximum Gasteiger partial charge on any atom is 0.229 e. The summed E-state index contributed by atoms with van der Waals surface area (Å²) < 4.78 is 16.0. The van der Waals surface area contributed by atoms with E-state index in [-0.39, 0.29) is 5.91 Å². The van der Waals surface area contributed by atoms with Crippen LogP contribution >= 0.6 is 11.3 Å². The average molecular weight is 399 g/mol. The van der Waals surface area contributed by atoms with Crippen LogP contribution in [0.1, 0.15) is 4.88 Å². The van der Waals surface area contributed by atoms with E-state index in [0.717, 1.165) is 10.6 Å². The number of anilines is 3. The molecule has 0 aliphatic carbocycles. The standard InChI is InChI=1S/C20H21N3O4S/c1-25-16-9-14(10-17(26-2)20(16)27-3)22-18-7-6-13(12-21-18)23-19(24)11-15-5-4-8-28-15/h4-10,12H,11H2,1-3H3,(H,21,22)(H,23,24). The molecule has 0 saturated carbocycles. The Morgan fingerprint density at radius 1 is 1.04 bits per heavy atom. The third-order valence-corrected chi connectivity index (χ3v) is 4.78. The van der Waals surface area contributed by atoms with Crippen LogP contribution in [0.3, 0.4) is 0 Å². The number of carbonyl (C=O) groups is 1. The number of benzene rings is 1. The second-order valence-corrected chi connectivity index (χ2v) is 6.81. The number of ether oxygens (including phenoxy) is 3. The molecular formula is C20H21N3O4S. The van der Waals surface area contributed by atoms with Crippen LogP contribution in [0, 0.1) is 0 Å². The predicted octanol–water partition coefficient (Wildman–Crippen LogP) is 4.09. The number of thiophene rings is 1. The first-order valence-corrected chi connectivity index (χ1v) is 9.36. The summed E-state index contributed by atoms with van der Waals surface area (Å²) in [5.41, 5.74) is 1.37. The van der Waals surface area contributed by atoms with Crippen LogP contribution < -0.4 is 24.8 Å². The highest BCUT2D eigenvalue weighted by Gasteiger charge is 2.13. The first kappa shape index (κ1) is 19.5. The molecule has 0 aliphatic heterocycles. The van der Waals surface area contributed by atoms with Gasteiger partial charge >= 0.3 is 0 Å². The topological polar surface area (TPSA) is 81.7 Å². The van der Waals surface area contributed by atoms with Gasteiger partial charge in [0.25, 0.3) is 0 Å². The van der Waals surface area contributed by atoms with E-state index in [2.05, 4.69) is 15.6 Å². The van der Waals surface area contributed by atoms with Gasteiger partial charge in [0.1, 0.15) is 5.82 Å².